The van der Waals surface area contributed by atoms with E-state index in [2.05, 4.69) is 15.4 Å². The van der Waals surface area contributed by atoms with E-state index < -0.39 is 0 Å². The number of benzene rings is 1. The van der Waals surface area contributed by atoms with Crippen molar-refractivity contribution in [2.45, 2.75) is 6.92 Å². The van der Waals surface area contributed by atoms with Gasteiger partial charge in [-0.15, -0.1) is 0 Å². The van der Waals surface area contributed by atoms with Gasteiger partial charge in [-0.2, -0.15) is 0 Å². The molecule has 1 amide bonds. The maximum Gasteiger partial charge on any atom is 0.272 e. The summed E-state index contributed by atoms with van der Waals surface area (Å²) in [5, 5.41) is 5.70. The van der Waals surface area contributed by atoms with E-state index in [-0.39, 0.29) is 11.5 Å². The Morgan fingerprint density at radius 1 is 1.16 bits per heavy atom. The van der Waals surface area contributed by atoms with Crippen molar-refractivity contribution in [2.24, 2.45) is 0 Å². The number of aromatic amines is 1. The van der Waals surface area contributed by atoms with E-state index >= 15 is 0 Å². The molecule has 1 aromatic carbocycles. The largest absolute Gasteiger partial charge is 0.378 e. The Bertz CT molecular complexity index is 937. The van der Waals surface area contributed by atoms with Crippen LogP contribution in [0, 0.1) is 6.92 Å². The second kappa shape index (κ2) is 6.64. The topological polar surface area (TPSA) is 83.0 Å². The third-order valence-electron chi connectivity index (χ3n) is 3.73. The number of carbonyl (C=O) groups excluding carboxylic acids is 1. The lowest BCUT2D eigenvalue weighted by molar-refractivity contribution is 0.102. The quantitative estimate of drug-likeness (QED) is 0.764. The molecule has 2 heterocycles. The molecule has 7 heteroatoms. The Balaban J connectivity index is 1.73. The second-order valence-corrected chi connectivity index (χ2v) is 5.91. The van der Waals surface area contributed by atoms with Crippen LogP contribution in [0.1, 0.15) is 16.1 Å². The maximum absolute atomic E-state index is 12.3. The van der Waals surface area contributed by atoms with E-state index in [0.29, 0.717) is 17.1 Å². The molecular weight excluding hydrogens is 318 g/mol. The predicted octanol–water partition coefficient (Wildman–Crippen LogP) is 2.19. The summed E-state index contributed by atoms with van der Waals surface area (Å²) in [6.45, 7) is 1.80. The minimum atomic E-state index is -0.215. The highest BCUT2D eigenvalue weighted by atomic mass is 16.1. The highest BCUT2D eigenvalue weighted by Crippen LogP contribution is 2.14. The van der Waals surface area contributed by atoms with Crippen LogP contribution >= 0.6 is 0 Å². The Morgan fingerprint density at radius 2 is 1.88 bits per heavy atom. The van der Waals surface area contributed by atoms with Gasteiger partial charge in [0.1, 0.15) is 0 Å². The van der Waals surface area contributed by atoms with Gasteiger partial charge < -0.3 is 10.2 Å². The monoisotopic (exact) mass is 337 g/mol. The summed E-state index contributed by atoms with van der Waals surface area (Å²) in [4.78, 5) is 30.3. The number of rotatable bonds is 4. The zero-order chi connectivity index (χ0) is 18.0. The molecule has 3 aromatic rings. The molecule has 7 nitrogen and oxygen atoms in total. The molecule has 0 aliphatic heterocycles. The van der Waals surface area contributed by atoms with E-state index in [4.69, 9.17) is 0 Å². The normalized spacial score (nSPS) is 10.5. The van der Waals surface area contributed by atoms with Gasteiger partial charge in [-0.05, 0) is 43.3 Å². The molecule has 0 unspecified atom stereocenters. The van der Waals surface area contributed by atoms with Crippen molar-refractivity contribution in [3.8, 4) is 5.82 Å². The molecule has 128 valence electrons. The van der Waals surface area contributed by atoms with Crippen molar-refractivity contribution < 1.29 is 4.79 Å². The SMILES string of the molecule is Cc1cc(=O)n(-c2ccc(NC(=O)c3ccc(N(C)C)cc3)cn2)[nH]1. The molecule has 0 aliphatic carbocycles. The molecule has 0 atom stereocenters. The number of amides is 1. The predicted molar refractivity (Wildman–Crippen MR) is 97.6 cm³/mol. The highest BCUT2D eigenvalue weighted by molar-refractivity contribution is 6.04. The van der Waals surface area contributed by atoms with Crippen LogP contribution in [-0.2, 0) is 0 Å². The zero-order valence-corrected chi connectivity index (χ0v) is 14.3. The van der Waals surface area contributed by atoms with E-state index in [0.717, 1.165) is 11.4 Å². The van der Waals surface area contributed by atoms with Gasteiger partial charge in [0.25, 0.3) is 11.5 Å². The number of nitrogens with one attached hydrogen (secondary N) is 2. The van der Waals surface area contributed by atoms with Gasteiger partial charge in [0.2, 0.25) is 0 Å². The van der Waals surface area contributed by atoms with Crippen LogP contribution in [0.4, 0.5) is 11.4 Å². The fourth-order valence-electron chi connectivity index (χ4n) is 2.39. The third-order valence-corrected chi connectivity index (χ3v) is 3.73. The summed E-state index contributed by atoms with van der Waals surface area (Å²) in [6, 6.07) is 12.2. The molecule has 2 aromatic heterocycles. The number of hydrogen-bond acceptors (Lipinski definition) is 4. The van der Waals surface area contributed by atoms with Gasteiger partial charge in [0.05, 0.1) is 11.9 Å². The molecule has 0 saturated heterocycles. The van der Waals surface area contributed by atoms with E-state index in [1.54, 1.807) is 31.2 Å². The molecule has 0 aliphatic rings. The molecule has 0 saturated carbocycles. The number of aromatic nitrogens is 3. The molecule has 25 heavy (non-hydrogen) atoms. The summed E-state index contributed by atoms with van der Waals surface area (Å²) in [7, 11) is 3.89. The van der Waals surface area contributed by atoms with E-state index in [1.807, 2.05) is 31.1 Å². The average Bonchev–Trinajstić information content (AvgIpc) is 2.94. The highest BCUT2D eigenvalue weighted by Gasteiger charge is 2.08. The standard InChI is InChI=1S/C18H19N5O2/c1-12-10-17(24)23(21-12)16-9-6-14(11-19-16)20-18(25)13-4-7-15(8-5-13)22(2)3/h4-11,21H,1-3H3,(H,20,25). The second-order valence-electron chi connectivity index (χ2n) is 5.91. The Labute approximate surface area is 144 Å². The number of aryl methyl sites for hydroxylation is 1. The number of H-pyrrole nitrogens is 1. The van der Waals surface area contributed by atoms with Gasteiger partial charge >= 0.3 is 0 Å². The number of hydrogen-bond donors (Lipinski definition) is 2. The fourth-order valence-corrected chi connectivity index (χ4v) is 2.39. The van der Waals surface area contributed by atoms with Crippen LogP contribution < -0.4 is 15.8 Å². The maximum atomic E-state index is 12.3. The molecular formula is C18H19N5O2. The van der Waals surface area contributed by atoms with E-state index in [1.165, 1.54) is 16.9 Å². The van der Waals surface area contributed by atoms with Crippen molar-refractivity contribution in [1.29, 1.82) is 0 Å². The minimum absolute atomic E-state index is 0.178. The number of nitrogens with zero attached hydrogens (tertiary/aromatic N) is 3. The van der Waals surface area contributed by atoms with Crippen LogP contribution in [0.3, 0.4) is 0 Å². The smallest absolute Gasteiger partial charge is 0.272 e. The molecule has 2 N–H and O–H groups in total. The average molecular weight is 337 g/mol. The Hall–Kier alpha value is -3.35. The van der Waals surface area contributed by atoms with Crippen molar-refractivity contribution in [3.05, 3.63) is 70.3 Å². The lowest BCUT2D eigenvalue weighted by Gasteiger charge is -2.12. The zero-order valence-electron chi connectivity index (χ0n) is 14.3. The van der Waals surface area contributed by atoms with Crippen LogP contribution in [0.5, 0.6) is 0 Å². The number of carbonyl (C=O) groups is 1. The van der Waals surface area contributed by atoms with Crippen molar-refractivity contribution in [1.82, 2.24) is 14.8 Å². The summed E-state index contributed by atoms with van der Waals surface area (Å²) >= 11 is 0. The van der Waals surface area contributed by atoms with Crippen LogP contribution in [0.15, 0.2) is 53.5 Å². The fraction of sp³-hybridized carbons (Fsp3) is 0.167. The molecule has 0 fully saturated rings. The lowest BCUT2D eigenvalue weighted by Crippen LogP contribution is -2.16. The number of anilines is 2. The van der Waals surface area contributed by atoms with Crippen molar-refractivity contribution in [2.75, 3.05) is 24.3 Å². The lowest BCUT2D eigenvalue weighted by atomic mass is 10.2. The van der Waals surface area contributed by atoms with Crippen LogP contribution in [-0.4, -0.2) is 34.8 Å². The molecule has 0 spiro atoms. The molecule has 0 radical (unpaired) electrons. The third kappa shape index (κ3) is 3.60. The van der Waals surface area contributed by atoms with E-state index in [9.17, 15) is 9.59 Å². The number of pyridine rings is 1. The Kier molecular flexibility index (Phi) is 4.38. The molecule has 0 bridgehead atoms. The first-order chi connectivity index (χ1) is 11.9. The summed E-state index contributed by atoms with van der Waals surface area (Å²) < 4.78 is 1.35. The van der Waals surface area contributed by atoms with Crippen LogP contribution in [0.2, 0.25) is 0 Å². The van der Waals surface area contributed by atoms with Gasteiger partial charge in [-0.25, -0.2) is 9.67 Å². The van der Waals surface area contributed by atoms with Crippen molar-refractivity contribution in [3.63, 3.8) is 0 Å². The van der Waals surface area contributed by atoms with Crippen molar-refractivity contribution >= 4 is 17.3 Å². The first-order valence-electron chi connectivity index (χ1n) is 7.78. The molecule has 3 rings (SSSR count). The first kappa shape index (κ1) is 16.5. The summed E-state index contributed by atoms with van der Waals surface area (Å²) in [5.41, 5.74) is 2.72. The summed E-state index contributed by atoms with van der Waals surface area (Å²) in [6.07, 6.45) is 1.52. The van der Waals surface area contributed by atoms with Gasteiger partial charge in [0.15, 0.2) is 5.82 Å². The van der Waals surface area contributed by atoms with Gasteiger partial charge in [-0.3, -0.25) is 14.7 Å². The summed E-state index contributed by atoms with van der Waals surface area (Å²) in [5.74, 6) is 0.249. The first-order valence-corrected chi connectivity index (χ1v) is 7.78. The van der Waals surface area contributed by atoms with Gasteiger partial charge in [-0.1, -0.05) is 0 Å². The van der Waals surface area contributed by atoms with Crippen LogP contribution in [0.25, 0.3) is 5.82 Å². The Morgan fingerprint density at radius 3 is 2.40 bits per heavy atom. The minimum Gasteiger partial charge on any atom is -0.378 e. The van der Waals surface area contributed by atoms with Gasteiger partial charge in [0, 0.05) is 37.1 Å².